The molecule has 0 aliphatic carbocycles. The van der Waals surface area contributed by atoms with Gasteiger partial charge >= 0.3 is 0 Å². The van der Waals surface area contributed by atoms with Gasteiger partial charge in [0.25, 0.3) is 5.78 Å². The van der Waals surface area contributed by atoms with Crippen molar-refractivity contribution in [1.29, 1.82) is 0 Å². The Hall–Kier alpha value is -3.16. The minimum absolute atomic E-state index is 0.0270. The predicted octanol–water partition coefficient (Wildman–Crippen LogP) is 0.508. The van der Waals surface area contributed by atoms with Gasteiger partial charge in [-0.05, 0) is 41.0 Å². The van der Waals surface area contributed by atoms with E-state index < -0.39 is 11.6 Å². The van der Waals surface area contributed by atoms with Gasteiger partial charge in [-0.3, -0.25) is 14.6 Å². The third-order valence-corrected chi connectivity index (χ3v) is 3.21. The number of aromatic amines is 2. The van der Waals surface area contributed by atoms with Crippen LogP contribution < -0.4 is 0 Å². The Kier molecular flexibility index (Phi) is 3.82. The number of rotatable bonds is 6. The van der Waals surface area contributed by atoms with Crippen molar-refractivity contribution in [1.82, 2.24) is 30.6 Å². The first-order valence-electron chi connectivity index (χ1n) is 6.59. The fourth-order valence-corrected chi connectivity index (χ4v) is 2.11. The average Bonchev–Trinajstić information content (AvgIpc) is 3.20. The number of nitrogens with zero attached hydrogens (tertiary/aromatic N) is 4. The minimum Gasteiger partial charge on any atom is -0.364 e. The van der Waals surface area contributed by atoms with Crippen LogP contribution in [0.1, 0.15) is 27.4 Å². The van der Waals surface area contributed by atoms with Crippen LogP contribution in [0, 0.1) is 0 Å². The van der Waals surface area contributed by atoms with E-state index in [9.17, 15) is 9.59 Å². The summed E-state index contributed by atoms with van der Waals surface area (Å²) in [4.78, 5) is 30.8. The second-order valence-electron chi connectivity index (χ2n) is 4.68. The van der Waals surface area contributed by atoms with E-state index in [0.717, 1.165) is 11.1 Å². The number of tetrazole rings is 1. The normalized spacial score (nSPS) is 10.5. The van der Waals surface area contributed by atoms with E-state index in [0.29, 0.717) is 12.1 Å². The number of aromatic nitrogens is 6. The summed E-state index contributed by atoms with van der Waals surface area (Å²) in [6.07, 6.45) is 5.81. The molecule has 0 radical (unpaired) electrons. The Morgan fingerprint density at radius 2 is 1.95 bits per heavy atom. The van der Waals surface area contributed by atoms with E-state index in [2.05, 4.69) is 30.6 Å². The fraction of sp³-hybridized carbons (Fsp3) is 0.143. The number of nitrogens with one attached hydrogen (secondary N) is 2. The van der Waals surface area contributed by atoms with Crippen LogP contribution in [0.5, 0.6) is 0 Å². The summed E-state index contributed by atoms with van der Waals surface area (Å²) in [6.45, 7) is 0. The average molecular weight is 296 g/mol. The Bertz CT molecular complexity index is 779. The molecular formula is C14H12N6O2. The lowest BCUT2D eigenvalue weighted by molar-refractivity contribution is -0.114. The van der Waals surface area contributed by atoms with Gasteiger partial charge in [0.05, 0.1) is 6.42 Å². The lowest BCUT2D eigenvalue weighted by Gasteiger charge is -2.03. The van der Waals surface area contributed by atoms with E-state index in [4.69, 9.17) is 0 Å². The van der Waals surface area contributed by atoms with E-state index in [1.807, 2.05) is 18.2 Å². The smallest absolute Gasteiger partial charge is 0.269 e. The molecule has 0 unspecified atom stereocenters. The van der Waals surface area contributed by atoms with E-state index in [1.54, 1.807) is 18.6 Å². The van der Waals surface area contributed by atoms with E-state index >= 15 is 0 Å². The number of hydrogen-bond acceptors (Lipinski definition) is 6. The summed E-state index contributed by atoms with van der Waals surface area (Å²) in [5.74, 6) is -1.55. The second-order valence-corrected chi connectivity index (χ2v) is 4.68. The molecule has 3 rings (SSSR count). The van der Waals surface area contributed by atoms with Gasteiger partial charge < -0.3 is 4.98 Å². The molecule has 2 N–H and O–H groups in total. The van der Waals surface area contributed by atoms with Crippen molar-refractivity contribution in [3.8, 4) is 0 Å². The molecule has 0 spiro atoms. The van der Waals surface area contributed by atoms with Gasteiger partial charge in [-0.2, -0.15) is 5.21 Å². The van der Waals surface area contributed by atoms with Crippen LogP contribution in [-0.2, 0) is 17.6 Å². The first kappa shape index (κ1) is 13.8. The van der Waals surface area contributed by atoms with Gasteiger partial charge in [0.1, 0.15) is 0 Å². The molecule has 3 aromatic heterocycles. The molecule has 0 aromatic carbocycles. The molecule has 110 valence electrons. The van der Waals surface area contributed by atoms with Gasteiger partial charge in [-0.1, -0.05) is 0 Å². The summed E-state index contributed by atoms with van der Waals surface area (Å²) >= 11 is 0. The van der Waals surface area contributed by atoms with Gasteiger partial charge in [-0.25, -0.2) is 0 Å². The summed E-state index contributed by atoms with van der Waals surface area (Å²) in [5.41, 5.74) is 2.74. The third-order valence-electron chi connectivity index (χ3n) is 3.21. The topological polar surface area (TPSA) is 117 Å². The van der Waals surface area contributed by atoms with Crippen LogP contribution in [0.15, 0.2) is 36.8 Å². The predicted molar refractivity (Wildman–Crippen MR) is 75.1 cm³/mol. The quantitative estimate of drug-likeness (QED) is 0.505. The molecule has 0 fully saturated rings. The highest BCUT2D eigenvalue weighted by molar-refractivity contribution is 6.43. The molecular weight excluding hydrogens is 284 g/mol. The van der Waals surface area contributed by atoms with Gasteiger partial charge in [0.15, 0.2) is 0 Å². The standard InChI is InChI=1S/C14H12N6O2/c21-12(13(22)14-17-19-20-18-14)8-11-10(3-6-16-11)7-9-1-4-15-5-2-9/h1-6,16H,7-8H2,(H,17,18,19,20). The summed E-state index contributed by atoms with van der Waals surface area (Å²) < 4.78 is 0. The Morgan fingerprint density at radius 1 is 1.14 bits per heavy atom. The Balaban J connectivity index is 1.72. The highest BCUT2D eigenvalue weighted by Gasteiger charge is 2.22. The first-order chi connectivity index (χ1) is 10.7. The summed E-state index contributed by atoms with van der Waals surface area (Å²) in [6, 6.07) is 5.70. The molecule has 0 bridgehead atoms. The van der Waals surface area contributed by atoms with Crippen LogP contribution in [0.3, 0.4) is 0 Å². The zero-order valence-electron chi connectivity index (χ0n) is 11.5. The van der Waals surface area contributed by atoms with Crippen LogP contribution in [0.25, 0.3) is 0 Å². The van der Waals surface area contributed by atoms with Crippen molar-refractivity contribution in [2.75, 3.05) is 0 Å². The van der Waals surface area contributed by atoms with Crippen LogP contribution in [0.2, 0.25) is 0 Å². The van der Waals surface area contributed by atoms with Gasteiger partial charge in [0, 0.05) is 24.3 Å². The molecule has 3 aromatic rings. The maximum atomic E-state index is 12.0. The molecule has 22 heavy (non-hydrogen) atoms. The number of pyridine rings is 1. The van der Waals surface area contributed by atoms with Crippen LogP contribution in [-0.4, -0.2) is 42.2 Å². The summed E-state index contributed by atoms with van der Waals surface area (Å²) in [7, 11) is 0. The zero-order chi connectivity index (χ0) is 15.4. The van der Waals surface area contributed by atoms with Crippen LogP contribution in [0.4, 0.5) is 0 Å². The Labute approximate surface area is 125 Å². The van der Waals surface area contributed by atoms with Crippen LogP contribution >= 0.6 is 0 Å². The maximum Gasteiger partial charge on any atom is 0.269 e. The van der Waals surface area contributed by atoms with E-state index in [-0.39, 0.29) is 12.2 Å². The second kappa shape index (κ2) is 6.08. The molecule has 0 amide bonds. The van der Waals surface area contributed by atoms with Crippen molar-refractivity contribution < 1.29 is 9.59 Å². The molecule has 3 heterocycles. The zero-order valence-corrected chi connectivity index (χ0v) is 11.5. The molecule has 0 atom stereocenters. The fourth-order valence-electron chi connectivity index (χ4n) is 2.11. The highest BCUT2D eigenvalue weighted by Crippen LogP contribution is 2.14. The van der Waals surface area contributed by atoms with Gasteiger partial charge in [-0.15, -0.1) is 10.2 Å². The molecule has 8 nitrogen and oxygen atoms in total. The molecule has 8 heteroatoms. The number of hydrogen-bond donors (Lipinski definition) is 2. The van der Waals surface area contributed by atoms with Crippen molar-refractivity contribution >= 4 is 11.6 Å². The largest absolute Gasteiger partial charge is 0.364 e. The molecule has 0 saturated heterocycles. The number of Topliss-reactive ketones (excluding diaryl/α,β-unsaturated/α-hetero) is 2. The molecule has 0 saturated carbocycles. The minimum atomic E-state index is -0.752. The SMILES string of the molecule is O=C(Cc1[nH]ccc1Cc1ccncc1)C(=O)c1nn[nH]n1. The maximum absolute atomic E-state index is 12.0. The number of carbonyl (C=O) groups excluding carboxylic acids is 2. The van der Waals surface area contributed by atoms with Crippen molar-refractivity contribution in [3.63, 3.8) is 0 Å². The van der Waals surface area contributed by atoms with Gasteiger partial charge in [0.2, 0.25) is 11.6 Å². The van der Waals surface area contributed by atoms with Crippen molar-refractivity contribution in [2.45, 2.75) is 12.8 Å². The number of ketones is 2. The van der Waals surface area contributed by atoms with Crippen molar-refractivity contribution in [3.05, 3.63) is 59.4 Å². The first-order valence-corrected chi connectivity index (χ1v) is 6.59. The lowest BCUT2D eigenvalue weighted by Crippen LogP contribution is -2.19. The molecule has 0 aliphatic heterocycles. The Morgan fingerprint density at radius 3 is 2.68 bits per heavy atom. The van der Waals surface area contributed by atoms with E-state index in [1.165, 1.54) is 0 Å². The third kappa shape index (κ3) is 2.95. The highest BCUT2D eigenvalue weighted by atomic mass is 16.2. The monoisotopic (exact) mass is 296 g/mol. The molecule has 0 aliphatic rings. The number of carbonyl (C=O) groups is 2. The lowest BCUT2D eigenvalue weighted by atomic mass is 10.0. The number of H-pyrrole nitrogens is 2. The summed E-state index contributed by atoms with van der Waals surface area (Å²) in [5, 5.41) is 12.5. The van der Waals surface area contributed by atoms with Crippen molar-refractivity contribution in [2.24, 2.45) is 0 Å².